The van der Waals surface area contributed by atoms with E-state index in [0.29, 0.717) is 6.04 Å². The van der Waals surface area contributed by atoms with E-state index in [-0.39, 0.29) is 0 Å². The Balaban J connectivity index is 1.98. The van der Waals surface area contributed by atoms with Gasteiger partial charge >= 0.3 is 98.1 Å². The molecule has 78 valence electrons. The van der Waals surface area contributed by atoms with E-state index in [1.54, 1.807) is 16.9 Å². The second-order valence-electron chi connectivity index (χ2n) is 3.82. The average Bonchev–Trinajstić information content (AvgIpc) is 2.54. The standard InChI is InChI=1S/C10H17AsN2S/c1-2-5-12-7-3-4-8-9(6-7)14-10(11)13-8/h7,12H,2-6,11H2,1H3/t7-/m0/s1. The molecule has 2 rings (SSSR count). The van der Waals surface area contributed by atoms with Crippen molar-refractivity contribution in [3.05, 3.63) is 10.6 Å². The predicted molar refractivity (Wildman–Crippen MR) is 64.4 cm³/mol. The summed E-state index contributed by atoms with van der Waals surface area (Å²) < 4.78 is 1.29. The van der Waals surface area contributed by atoms with Crippen LogP contribution < -0.4 is 9.11 Å². The van der Waals surface area contributed by atoms with E-state index < -0.39 is 0 Å². The maximum absolute atomic E-state index is 4.58. The molecule has 14 heavy (non-hydrogen) atoms. The van der Waals surface area contributed by atoms with Crippen molar-refractivity contribution in [2.45, 2.75) is 38.6 Å². The van der Waals surface area contributed by atoms with E-state index in [4.69, 9.17) is 0 Å². The molecule has 1 aliphatic rings. The van der Waals surface area contributed by atoms with Gasteiger partial charge in [-0.15, -0.1) is 0 Å². The Kier molecular flexibility index (Phi) is 3.64. The Morgan fingerprint density at radius 2 is 2.50 bits per heavy atom. The molecule has 1 N–H and O–H groups in total. The molecular weight excluding hydrogens is 255 g/mol. The molecule has 0 saturated heterocycles. The Bertz CT molecular complexity index is 311. The van der Waals surface area contributed by atoms with Crippen LogP contribution in [-0.4, -0.2) is 34.4 Å². The van der Waals surface area contributed by atoms with E-state index in [1.807, 2.05) is 11.3 Å². The summed E-state index contributed by atoms with van der Waals surface area (Å²) in [5.74, 6) is 0. The number of rotatable bonds is 3. The number of aryl methyl sites for hydroxylation is 1. The Morgan fingerprint density at radius 3 is 3.29 bits per heavy atom. The van der Waals surface area contributed by atoms with Gasteiger partial charge in [-0.25, -0.2) is 0 Å². The van der Waals surface area contributed by atoms with Gasteiger partial charge in [0.15, 0.2) is 0 Å². The number of fused-ring (bicyclic) bond motifs is 1. The Hall–Kier alpha value is 0.148. The molecule has 0 saturated carbocycles. The van der Waals surface area contributed by atoms with Crippen LogP contribution in [0.1, 0.15) is 30.3 Å². The van der Waals surface area contributed by atoms with Gasteiger partial charge < -0.3 is 0 Å². The van der Waals surface area contributed by atoms with Gasteiger partial charge in [-0.2, -0.15) is 0 Å². The first-order chi connectivity index (χ1) is 6.79. The predicted octanol–water partition coefficient (Wildman–Crippen LogP) is 0.258. The number of hydrogen-bond acceptors (Lipinski definition) is 3. The Labute approximate surface area is 98.0 Å². The normalized spacial score (nSPS) is 20.9. The summed E-state index contributed by atoms with van der Waals surface area (Å²) >= 11 is 3.56. The molecule has 0 aromatic carbocycles. The van der Waals surface area contributed by atoms with E-state index in [1.165, 1.54) is 40.0 Å². The van der Waals surface area contributed by atoms with Crippen LogP contribution in [0.3, 0.4) is 0 Å². The molecular formula is C10H17AsN2S. The molecule has 1 aliphatic carbocycles. The first-order valence-electron chi connectivity index (χ1n) is 5.27. The van der Waals surface area contributed by atoms with Crippen molar-refractivity contribution < 1.29 is 0 Å². The third-order valence-electron chi connectivity index (χ3n) is 2.64. The van der Waals surface area contributed by atoms with Crippen LogP contribution in [0, 0.1) is 0 Å². The number of nitrogens with one attached hydrogen (secondary N) is 1. The monoisotopic (exact) mass is 272 g/mol. The van der Waals surface area contributed by atoms with Crippen molar-refractivity contribution in [1.29, 1.82) is 0 Å². The summed E-state index contributed by atoms with van der Waals surface area (Å²) in [6.45, 7) is 3.38. The summed E-state index contributed by atoms with van der Waals surface area (Å²) in [6, 6.07) is 0.704. The van der Waals surface area contributed by atoms with E-state index in [0.717, 1.165) is 6.54 Å². The molecule has 1 aromatic heterocycles. The maximum atomic E-state index is 4.58. The second-order valence-corrected chi connectivity index (χ2v) is 6.96. The molecule has 1 unspecified atom stereocenters. The number of nitrogens with zero attached hydrogens (tertiary/aromatic N) is 1. The van der Waals surface area contributed by atoms with Crippen LogP contribution >= 0.6 is 11.3 Å². The summed E-state index contributed by atoms with van der Waals surface area (Å²) in [6.07, 6.45) is 4.88. The SMILES string of the molecule is CCCN[C@H]1CCc2nc([AsH2])sc2C1. The van der Waals surface area contributed by atoms with Gasteiger partial charge in [0.1, 0.15) is 0 Å². The summed E-state index contributed by atoms with van der Waals surface area (Å²) in [5.41, 5.74) is 1.38. The third kappa shape index (κ3) is 2.39. The van der Waals surface area contributed by atoms with Crippen LogP contribution in [0.2, 0.25) is 0 Å². The molecule has 2 nitrogen and oxygen atoms in total. The van der Waals surface area contributed by atoms with Gasteiger partial charge in [-0.3, -0.25) is 0 Å². The molecule has 0 amide bonds. The van der Waals surface area contributed by atoms with Crippen LogP contribution in [0.15, 0.2) is 0 Å². The first kappa shape index (κ1) is 10.7. The van der Waals surface area contributed by atoms with Crippen LogP contribution in [-0.2, 0) is 12.8 Å². The molecule has 0 spiro atoms. The van der Waals surface area contributed by atoms with Crippen molar-refractivity contribution in [1.82, 2.24) is 10.3 Å². The van der Waals surface area contributed by atoms with Crippen molar-refractivity contribution in [3.8, 4) is 0 Å². The molecule has 1 heterocycles. The van der Waals surface area contributed by atoms with Gasteiger partial charge in [-0.1, -0.05) is 0 Å². The van der Waals surface area contributed by atoms with Crippen molar-refractivity contribution >= 4 is 32.0 Å². The quantitative estimate of drug-likeness (QED) is 0.798. The zero-order valence-corrected chi connectivity index (χ0v) is 11.8. The topological polar surface area (TPSA) is 24.9 Å². The minimum absolute atomic E-state index is 0.704. The number of aromatic nitrogens is 1. The van der Waals surface area contributed by atoms with Crippen molar-refractivity contribution in [2.24, 2.45) is 0 Å². The van der Waals surface area contributed by atoms with E-state index in [9.17, 15) is 0 Å². The molecule has 2 atom stereocenters. The second kappa shape index (κ2) is 4.78. The molecule has 0 aliphatic heterocycles. The van der Waals surface area contributed by atoms with Gasteiger partial charge in [0.2, 0.25) is 0 Å². The van der Waals surface area contributed by atoms with E-state index in [2.05, 4.69) is 17.2 Å². The zero-order chi connectivity index (χ0) is 9.97. The Morgan fingerprint density at radius 1 is 1.64 bits per heavy atom. The van der Waals surface area contributed by atoms with Gasteiger partial charge in [0, 0.05) is 0 Å². The minimum atomic E-state index is 0.704. The van der Waals surface area contributed by atoms with Gasteiger partial charge in [0.25, 0.3) is 0 Å². The first-order valence-corrected chi connectivity index (χ1v) is 7.29. The van der Waals surface area contributed by atoms with E-state index >= 15 is 0 Å². The fourth-order valence-corrected chi connectivity index (χ4v) is 4.10. The number of thiazole rings is 1. The summed E-state index contributed by atoms with van der Waals surface area (Å²) in [5, 5.41) is 3.61. The summed E-state index contributed by atoms with van der Waals surface area (Å²) in [4.78, 5) is 6.12. The third-order valence-corrected chi connectivity index (χ3v) is 4.60. The fraction of sp³-hybridized carbons (Fsp3) is 0.700. The zero-order valence-electron chi connectivity index (χ0n) is 8.55. The molecule has 0 bridgehead atoms. The number of hydrogen-bond donors (Lipinski definition) is 1. The average molecular weight is 272 g/mol. The van der Waals surface area contributed by atoms with Gasteiger partial charge in [0.05, 0.1) is 0 Å². The van der Waals surface area contributed by atoms with Gasteiger partial charge in [-0.05, 0) is 0 Å². The molecule has 4 heteroatoms. The van der Waals surface area contributed by atoms with Crippen molar-refractivity contribution in [2.75, 3.05) is 6.54 Å². The molecule has 0 radical (unpaired) electrons. The molecule has 1 aromatic rings. The van der Waals surface area contributed by atoms with Crippen LogP contribution in [0.4, 0.5) is 0 Å². The summed E-state index contributed by atoms with van der Waals surface area (Å²) in [7, 11) is 0. The van der Waals surface area contributed by atoms with Crippen LogP contribution in [0.25, 0.3) is 0 Å². The fourth-order valence-electron chi connectivity index (χ4n) is 1.92. The molecule has 0 fully saturated rings. The van der Waals surface area contributed by atoms with Crippen molar-refractivity contribution in [3.63, 3.8) is 0 Å². The van der Waals surface area contributed by atoms with Crippen LogP contribution in [0.5, 0.6) is 0 Å².